The number of rotatable bonds is 3. The number of nitrogens with two attached hydrogens (primary N) is 2. The van der Waals surface area contributed by atoms with Crippen LogP contribution < -0.4 is 17.1 Å². The number of carbonyl (C=O) groups is 1. The molecule has 0 saturated heterocycles. The Morgan fingerprint density at radius 2 is 2.38 bits per heavy atom. The smallest absolute Gasteiger partial charge is 0.275 e. The summed E-state index contributed by atoms with van der Waals surface area (Å²) in [7, 11) is 0. The van der Waals surface area contributed by atoms with E-state index >= 15 is 0 Å². The molecule has 0 bridgehead atoms. The van der Waals surface area contributed by atoms with Crippen molar-refractivity contribution in [3.8, 4) is 0 Å². The summed E-state index contributed by atoms with van der Waals surface area (Å²) in [5, 5.41) is 0.992. The number of amides is 1. The van der Waals surface area contributed by atoms with Gasteiger partial charge in [0.25, 0.3) is 5.91 Å². The highest BCUT2D eigenvalue weighted by atomic mass is 32.1. The number of hydrazine groups is 2. The second kappa shape index (κ2) is 4.74. The van der Waals surface area contributed by atoms with Gasteiger partial charge in [0.1, 0.15) is 5.83 Å². The van der Waals surface area contributed by atoms with Crippen molar-refractivity contribution in [1.82, 2.24) is 10.5 Å². The summed E-state index contributed by atoms with van der Waals surface area (Å²) >= 11 is 4.35. The molecule has 2 atom stereocenters. The minimum absolute atomic E-state index is 0.327. The Morgan fingerprint density at radius 3 is 2.88 bits per heavy atom. The van der Waals surface area contributed by atoms with Gasteiger partial charge in [0, 0.05) is 6.08 Å². The van der Waals surface area contributed by atoms with Crippen molar-refractivity contribution in [2.45, 2.75) is 11.8 Å². The zero-order valence-electron chi connectivity index (χ0n) is 8.06. The van der Waals surface area contributed by atoms with E-state index in [1.54, 1.807) is 5.53 Å². The van der Waals surface area contributed by atoms with Crippen LogP contribution in [0.4, 0.5) is 8.78 Å². The first-order chi connectivity index (χ1) is 7.45. The van der Waals surface area contributed by atoms with E-state index in [1.807, 2.05) is 0 Å². The fourth-order valence-electron chi connectivity index (χ4n) is 1.27. The summed E-state index contributed by atoms with van der Waals surface area (Å²) < 4.78 is 27.3. The van der Waals surface area contributed by atoms with Gasteiger partial charge >= 0.3 is 0 Å². The van der Waals surface area contributed by atoms with E-state index in [1.165, 1.54) is 0 Å². The molecule has 0 aromatic heterocycles. The van der Waals surface area contributed by atoms with Gasteiger partial charge in [-0.1, -0.05) is 18.3 Å². The molecule has 8 heteroatoms. The minimum Gasteiger partial charge on any atom is -0.320 e. The summed E-state index contributed by atoms with van der Waals surface area (Å²) in [6, 6.07) is -1.25. The standard InChI is InChI=1S/C8H10F2N4OS/c9-5-1-2-6(11)8(10,3-5)14(13-12)7(15)4-16/h1-4,6,13H,11-12H2. The van der Waals surface area contributed by atoms with Crippen LogP contribution in [-0.4, -0.2) is 28.1 Å². The molecular formula is C8H10F2N4OS. The van der Waals surface area contributed by atoms with Crippen LogP contribution in [0.2, 0.25) is 0 Å². The molecular weight excluding hydrogens is 238 g/mol. The maximum Gasteiger partial charge on any atom is 0.275 e. The van der Waals surface area contributed by atoms with Crippen LogP contribution >= 0.6 is 12.2 Å². The zero-order valence-corrected chi connectivity index (χ0v) is 8.88. The molecule has 5 N–H and O–H groups in total. The van der Waals surface area contributed by atoms with Crippen molar-refractivity contribution in [3.63, 3.8) is 0 Å². The Labute approximate surface area is 95.7 Å². The molecule has 0 fully saturated rings. The second-order valence-electron chi connectivity index (χ2n) is 3.06. The lowest BCUT2D eigenvalue weighted by Gasteiger charge is -2.37. The van der Waals surface area contributed by atoms with Gasteiger partial charge in [-0.3, -0.25) is 10.6 Å². The third kappa shape index (κ3) is 2.14. The van der Waals surface area contributed by atoms with Crippen LogP contribution in [0, 0.1) is 0 Å². The minimum atomic E-state index is -2.60. The molecule has 0 aliphatic heterocycles. The van der Waals surface area contributed by atoms with Crippen LogP contribution in [0.1, 0.15) is 0 Å². The van der Waals surface area contributed by atoms with E-state index in [4.69, 9.17) is 11.6 Å². The number of nitrogens with one attached hydrogen (secondary N) is 1. The maximum atomic E-state index is 14.3. The number of alkyl halides is 1. The van der Waals surface area contributed by atoms with Gasteiger partial charge in [0.2, 0.25) is 5.79 Å². The Hall–Kier alpha value is -1.22. The van der Waals surface area contributed by atoms with Crippen LogP contribution in [0.25, 0.3) is 0 Å². The van der Waals surface area contributed by atoms with Gasteiger partial charge in [-0.15, -0.1) is 0 Å². The van der Waals surface area contributed by atoms with Gasteiger partial charge in [0.05, 0.1) is 11.4 Å². The van der Waals surface area contributed by atoms with Gasteiger partial charge in [-0.25, -0.2) is 13.8 Å². The molecule has 1 rings (SSSR count). The van der Waals surface area contributed by atoms with Gasteiger partial charge in [-0.05, 0) is 6.08 Å². The normalized spacial score (nSPS) is 28.5. The molecule has 1 amide bonds. The van der Waals surface area contributed by atoms with E-state index in [0.717, 1.165) is 12.2 Å². The van der Waals surface area contributed by atoms with Crippen molar-refractivity contribution < 1.29 is 13.6 Å². The van der Waals surface area contributed by atoms with Gasteiger partial charge < -0.3 is 5.73 Å². The van der Waals surface area contributed by atoms with Crippen LogP contribution in [0.15, 0.2) is 24.1 Å². The molecule has 0 aromatic carbocycles. The lowest BCUT2D eigenvalue weighted by molar-refractivity contribution is -0.141. The fourth-order valence-corrected chi connectivity index (χ4v) is 1.37. The van der Waals surface area contributed by atoms with E-state index in [-0.39, 0.29) is 0 Å². The summed E-state index contributed by atoms with van der Waals surface area (Å²) in [6.07, 6.45) is 2.63. The first kappa shape index (κ1) is 12.8. The lowest BCUT2D eigenvalue weighted by atomic mass is 10.00. The van der Waals surface area contributed by atoms with Crippen molar-refractivity contribution >= 4 is 23.5 Å². The van der Waals surface area contributed by atoms with Crippen molar-refractivity contribution in [2.24, 2.45) is 11.6 Å². The fraction of sp³-hybridized carbons (Fsp3) is 0.250. The molecule has 0 spiro atoms. The topological polar surface area (TPSA) is 84.4 Å². The number of halogens is 2. The van der Waals surface area contributed by atoms with E-state index in [2.05, 4.69) is 12.2 Å². The van der Waals surface area contributed by atoms with Crippen LogP contribution in [-0.2, 0) is 4.79 Å². The molecule has 16 heavy (non-hydrogen) atoms. The monoisotopic (exact) mass is 248 g/mol. The Kier molecular flexibility index (Phi) is 3.81. The zero-order chi connectivity index (χ0) is 12.3. The summed E-state index contributed by atoms with van der Waals surface area (Å²) in [5.74, 6) is 0.598. The van der Waals surface area contributed by atoms with Crippen molar-refractivity contribution in [3.05, 3.63) is 24.1 Å². The van der Waals surface area contributed by atoms with Crippen LogP contribution in [0.3, 0.4) is 0 Å². The number of nitrogens with zero attached hydrogens (tertiary/aromatic N) is 1. The summed E-state index contributed by atoms with van der Waals surface area (Å²) in [4.78, 5) is 11.3. The van der Waals surface area contributed by atoms with Crippen molar-refractivity contribution in [1.29, 1.82) is 0 Å². The number of hydrogen-bond donors (Lipinski definition) is 3. The molecule has 2 unspecified atom stereocenters. The molecule has 1 aliphatic rings. The second-order valence-corrected chi connectivity index (χ2v) is 3.30. The average Bonchev–Trinajstić information content (AvgIpc) is 2.24. The molecule has 0 saturated carbocycles. The lowest BCUT2D eigenvalue weighted by Crippen LogP contribution is -2.64. The third-order valence-corrected chi connectivity index (χ3v) is 2.27. The summed E-state index contributed by atoms with van der Waals surface area (Å²) in [5.41, 5.74) is 7.23. The highest BCUT2D eigenvalue weighted by molar-refractivity contribution is 7.80. The molecule has 0 aromatic rings. The predicted molar refractivity (Wildman–Crippen MR) is 58.0 cm³/mol. The number of allylic oxidation sites excluding steroid dienone is 2. The largest absolute Gasteiger partial charge is 0.320 e. The number of thiocarbonyl (C=S) groups is 1. The van der Waals surface area contributed by atoms with Gasteiger partial charge in [0.15, 0.2) is 0 Å². The number of carbonyl (C=O) groups excluding carboxylic acids is 1. The molecule has 5 nitrogen and oxygen atoms in total. The highest BCUT2D eigenvalue weighted by Gasteiger charge is 2.44. The maximum absolute atomic E-state index is 14.3. The van der Waals surface area contributed by atoms with E-state index < -0.39 is 23.6 Å². The first-order valence-electron chi connectivity index (χ1n) is 4.22. The molecule has 88 valence electrons. The van der Waals surface area contributed by atoms with Crippen LogP contribution in [0.5, 0.6) is 0 Å². The SMILES string of the molecule is NNN(C(=O)C=S)C1(F)C=C(F)C=CC1N. The van der Waals surface area contributed by atoms with Gasteiger partial charge in [-0.2, -0.15) is 5.53 Å². The quantitative estimate of drug-likeness (QED) is 0.274. The van der Waals surface area contributed by atoms with E-state index in [0.29, 0.717) is 16.5 Å². The Bertz CT molecular complexity index is 373. The van der Waals surface area contributed by atoms with Crippen molar-refractivity contribution in [2.75, 3.05) is 0 Å². The molecule has 0 radical (unpaired) electrons. The highest BCUT2D eigenvalue weighted by Crippen LogP contribution is 2.28. The van der Waals surface area contributed by atoms with E-state index in [9.17, 15) is 13.6 Å². The Balaban J connectivity index is 3.11. The third-order valence-electron chi connectivity index (χ3n) is 2.06. The Morgan fingerprint density at radius 1 is 1.75 bits per heavy atom. The molecule has 1 aliphatic carbocycles. The average molecular weight is 248 g/mol. The predicted octanol–water partition coefficient (Wildman–Crippen LogP) is -0.391. The number of hydrogen-bond acceptors (Lipinski definition) is 5. The molecule has 0 heterocycles. The first-order valence-corrected chi connectivity index (χ1v) is 4.69. The summed E-state index contributed by atoms with van der Waals surface area (Å²) in [6.45, 7) is 0.